The highest BCUT2D eigenvalue weighted by Crippen LogP contribution is 2.31. The van der Waals surface area contributed by atoms with Gasteiger partial charge in [-0.25, -0.2) is 9.59 Å². The minimum absolute atomic E-state index is 0.187. The second kappa shape index (κ2) is 9.44. The summed E-state index contributed by atoms with van der Waals surface area (Å²) in [6, 6.07) is 0. The summed E-state index contributed by atoms with van der Waals surface area (Å²) in [5.41, 5.74) is -0.492. The number of piperidine rings is 2. The third kappa shape index (κ3) is 6.41. The van der Waals surface area contributed by atoms with Gasteiger partial charge < -0.3 is 24.4 Å². The number of aliphatic hydroxyl groups excluding tert-OH is 1. The molecule has 0 saturated carbocycles. The zero-order valence-corrected chi connectivity index (χ0v) is 16.9. The minimum atomic E-state index is -0.492. The molecule has 0 aromatic carbocycles. The Morgan fingerprint density at radius 1 is 1.04 bits per heavy atom. The van der Waals surface area contributed by atoms with Crippen molar-refractivity contribution in [2.24, 2.45) is 11.8 Å². The first-order chi connectivity index (χ1) is 12.7. The fourth-order valence-corrected chi connectivity index (χ4v) is 3.78. The Morgan fingerprint density at radius 2 is 1.48 bits per heavy atom. The summed E-state index contributed by atoms with van der Waals surface area (Å²) in [5, 5.41) is 10.8. The summed E-state index contributed by atoms with van der Waals surface area (Å²) in [5.74, 6) is 0.375. The molecule has 0 bridgehead atoms. The van der Waals surface area contributed by atoms with Crippen molar-refractivity contribution in [1.82, 2.24) is 9.80 Å². The molecule has 7 heteroatoms. The van der Waals surface area contributed by atoms with E-state index in [-0.39, 0.29) is 30.6 Å². The fraction of sp³-hybridized carbons (Fsp3) is 0.800. The molecule has 0 aliphatic carbocycles. The molecule has 0 aromatic rings. The largest absolute Gasteiger partial charge is 0.445 e. The third-order valence-corrected chi connectivity index (χ3v) is 5.28. The Kier molecular flexibility index (Phi) is 7.53. The number of carbonyl (C=O) groups is 2. The van der Waals surface area contributed by atoms with Gasteiger partial charge in [0.1, 0.15) is 12.2 Å². The molecule has 2 aliphatic heterocycles. The summed E-state index contributed by atoms with van der Waals surface area (Å²) in [4.78, 5) is 27.5. The van der Waals surface area contributed by atoms with Crippen molar-refractivity contribution in [2.75, 3.05) is 32.8 Å². The molecular weight excluding hydrogens is 348 g/mol. The predicted molar refractivity (Wildman–Crippen MR) is 102 cm³/mol. The highest BCUT2D eigenvalue weighted by atomic mass is 16.6. The van der Waals surface area contributed by atoms with Gasteiger partial charge in [0.05, 0.1) is 6.10 Å². The zero-order valence-electron chi connectivity index (χ0n) is 16.9. The molecule has 1 unspecified atom stereocenters. The minimum Gasteiger partial charge on any atom is -0.445 e. The van der Waals surface area contributed by atoms with Gasteiger partial charge >= 0.3 is 12.2 Å². The monoisotopic (exact) mass is 382 g/mol. The molecule has 27 heavy (non-hydrogen) atoms. The molecule has 1 atom stereocenters. The highest BCUT2D eigenvalue weighted by molar-refractivity contribution is 5.68. The molecule has 2 amide bonds. The van der Waals surface area contributed by atoms with E-state index in [9.17, 15) is 14.7 Å². The third-order valence-electron chi connectivity index (χ3n) is 5.28. The quantitative estimate of drug-likeness (QED) is 0.756. The van der Waals surface area contributed by atoms with Crippen LogP contribution in [-0.2, 0) is 9.47 Å². The first-order valence-electron chi connectivity index (χ1n) is 9.90. The van der Waals surface area contributed by atoms with Crippen LogP contribution in [0.1, 0.15) is 46.5 Å². The molecule has 2 aliphatic rings. The predicted octanol–water partition coefficient (Wildman–Crippen LogP) is 3.03. The average Bonchev–Trinajstić information content (AvgIpc) is 2.64. The van der Waals surface area contributed by atoms with Crippen molar-refractivity contribution >= 4 is 12.2 Å². The molecule has 7 nitrogen and oxygen atoms in total. The van der Waals surface area contributed by atoms with Gasteiger partial charge in [-0.1, -0.05) is 12.7 Å². The van der Waals surface area contributed by atoms with Crippen molar-refractivity contribution in [3.05, 3.63) is 12.7 Å². The second-order valence-corrected chi connectivity index (χ2v) is 8.49. The van der Waals surface area contributed by atoms with Crippen LogP contribution in [0.3, 0.4) is 0 Å². The standard InChI is InChI=1S/C20H34N2O5/c1-5-14-26-18(24)21-10-6-15(7-11-21)17(23)16-8-12-22(13-9-16)19(25)27-20(2,3)4/h5,15-17,23H,1,6-14H2,2-4H3. The van der Waals surface area contributed by atoms with Crippen molar-refractivity contribution in [2.45, 2.75) is 58.2 Å². The van der Waals surface area contributed by atoms with Gasteiger partial charge in [-0.2, -0.15) is 0 Å². The number of amides is 2. The second-order valence-electron chi connectivity index (χ2n) is 8.49. The van der Waals surface area contributed by atoms with E-state index in [2.05, 4.69) is 6.58 Å². The van der Waals surface area contributed by atoms with Gasteiger partial charge in [0.25, 0.3) is 0 Å². The van der Waals surface area contributed by atoms with Crippen LogP contribution in [0.2, 0.25) is 0 Å². The number of nitrogens with zero attached hydrogens (tertiary/aromatic N) is 2. The molecule has 0 spiro atoms. The molecule has 2 saturated heterocycles. The summed E-state index contributed by atoms with van der Waals surface area (Å²) in [6.45, 7) is 11.8. The van der Waals surface area contributed by atoms with E-state index in [1.54, 1.807) is 15.9 Å². The molecular formula is C20H34N2O5. The number of hydrogen-bond donors (Lipinski definition) is 1. The lowest BCUT2D eigenvalue weighted by molar-refractivity contribution is -0.0154. The number of carbonyl (C=O) groups excluding carboxylic acids is 2. The van der Waals surface area contributed by atoms with Gasteiger partial charge in [-0.15, -0.1) is 0 Å². The van der Waals surface area contributed by atoms with Crippen LogP contribution in [0.5, 0.6) is 0 Å². The molecule has 0 radical (unpaired) electrons. The molecule has 1 N–H and O–H groups in total. The highest BCUT2D eigenvalue weighted by Gasteiger charge is 2.35. The van der Waals surface area contributed by atoms with Crippen LogP contribution in [0, 0.1) is 11.8 Å². The molecule has 154 valence electrons. The number of likely N-dealkylation sites (tertiary alicyclic amines) is 2. The number of aliphatic hydroxyl groups is 1. The van der Waals surface area contributed by atoms with Crippen molar-refractivity contribution < 1.29 is 24.2 Å². The zero-order chi connectivity index (χ0) is 20.0. The molecule has 0 aromatic heterocycles. The summed E-state index contributed by atoms with van der Waals surface area (Å²) in [6.07, 6.45) is 3.68. The number of hydrogen-bond acceptors (Lipinski definition) is 5. The Hall–Kier alpha value is -1.76. The van der Waals surface area contributed by atoms with Crippen LogP contribution in [0.15, 0.2) is 12.7 Å². The van der Waals surface area contributed by atoms with Crippen molar-refractivity contribution in [3.8, 4) is 0 Å². The Bertz CT molecular complexity index is 515. The van der Waals surface area contributed by atoms with Crippen LogP contribution < -0.4 is 0 Å². The first kappa shape index (κ1) is 21.5. The Balaban J connectivity index is 1.75. The first-order valence-corrected chi connectivity index (χ1v) is 9.90. The van der Waals surface area contributed by atoms with Gasteiger partial charge in [-0.3, -0.25) is 0 Å². The van der Waals surface area contributed by atoms with Gasteiger partial charge in [0.15, 0.2) is 0 Å². The van der Waals surface area contributed by atoms with Gasteiger partial charge in [-0.05, 0) is 58.3 Å². The van der Waals surface area contributed by atoms with Gasteiger partial charge in [0, 0.05) is 26.2 Å². The van der Waals surface area contributed by atoms with Crippen LogP contribution in [0.25, 0.3) is 0 Å². The maximum Gasteiger partial charge on any atom is 0.410 e. The Labute approximate surface area is 162 Å². The molecule has 2 heterocycles. The maximum absolute atomic E-state index is 12.2. The van der Waals surface area contributed by atoms with Crippen molar-refractivity contribution in [1.29, 1.82) is 0 Å². The van der Waals surface area contributed by atoms with E-state index >= 15 is 0 Å². The van der Waals surface area contributed by atoms with E-state index in [4.69, 9.17) is 9.47 Å². The maximum atomic E-state index is 12.2. The van der Waals surface area contributed by atoms with E-state index in [1.807, 2.05) is 20.8 Å². The molecule has 2 fully saturated rings. The number of ether oxygens (including phenoxy) is 2. The number of rotatable bonds is 4. The lowest BCUT2D eigenvalue weighted by Gasteiger charge is -2.40. The van der Waals surface area contributed by atoms with Crippen LogP contribution in [0.4, 0.5) is 9.59 Å². The van der Waals surface area contributed by atoms with Gasteiger partial charge in [0.2, 0.25) is 0 Å². The van der Waals surface area contributed by atoms with E-state index in [0.717, 1.165) is 25.7 Å². The normalized spacial score (nSPS) is 20.9. The van der Waals surface area contributed by atoms with Crippen LogP contribution >= 0.6 is 0 Å². The summed E-state index contributed by atoms with van der Waals surface area (Å²) < 4.78 is 10.5. The fourth-order valence-electron chi connectivity index (χ4n) is 3.78. The smallest absolute Gasteiger partial charge is 0.410 e. The average molecular weight is 383 g/mol. The summed E-state index contributed by atoms with van der Waals surface area (Å²) in [7, 11) is 0. The van der Waals surface area contributed by atoms with Crippen LogP contribution in [-0.4, -0.2) is 71.6 Å². The van der Waals surface area contributed by atoms with E-state index < -0.39 is 11.7 Å². The lowest BCUT2D eigenvalue weighted by atomic mass is 9.80. The lowest BCUT2D eigenvalue weighted by Crippen LogP contribution is -2.47. The van der Waals surface area contributed by atoms with Crippen molar-refractivity contribution in [3.63, 3.8) is 0 Å². The Morgan fingerprint density at radius 3 is 1.89 bits per heavy atom. The topological polar surface area (TPSA) is 79.3 Å². The SMILES string of the molecule is C=CCOC(=O)N1CCC(C(O)C2CCN(C(=O)OC(C)(C)C)CC2)CC1. The summed E-state index contributed by atoms with van der Waals surface area (Å²) >= 11 is 0. The molecule has 2 rings (SSSR count). The van der Waals surface area contributed by atoms with E-state index in [1.165, 1.54) is 0 Å². The van der Waals surface area contributed by atoms with E-state index in [0.29, 0.717) is 26.2 Å².